The van der Waals surface area contributed by atoms with Crippen LogP contribution in [-0.4, -0.2) is 63.8 Å². The normalized spacial score (nSPS) is 28.2. The van der Waals surface area contributed by atoms with E-state index in [4.69, 9.17) is 9.84 Å². The zero-order valence-corrected chi connectivity index (χ0v) is 20.7. The number of carbonyl (C=O) groups excluding carboxylic acids is 1. The maximum atomic E-state index is 15.0. The Bertz CT molecular complexity index is 1170. The van der Waals surface area contributed by atoms with Crippen molar-refractivity contribution in [2.45, 2.75) is 76.8 Å². The molecule has 1 amide bonds. The summed E-state index contributed by atoms with van der Waals surface area (Å²) in [6.07, 6.45) is -3.78. The zero-order valence-electron chi connectivity index (χ0n) is 20.7. The van der Waals surface area contributed by atoms with Gasteiger partial charge in [0.15, 0.2) is 5.65 Å². The molecular weight excluding hydrogens is 483 g/mol. The fourth-order valence-electron chi connectivity index (χ4n) is 5.99. The maximum Gasteiger partial charge on any atom is 0.391 e. The predicted molar refractivity (Wildman–Crippen MR) is 121 cm³/mol. The molecule has 0 bridgehead atoms. The van der Waals surface area contributed by atoms with Crippen molar-refractivity contribution in [2.75, 3.05) is 26.3 Å². The molecule has 4 heterocycles. The summed E-state index contributed by atoms with van der Waals surface area (Å²) in [5.74, 6) is -5.50. The fourth-order valence-corrected chi connectivity index (χ4v) is 5.99. The van der Waals surface area contributed by atoms with E-state index in [9.17, 15) is 26.7 Å². The van der Waals surface area contributed by atoms with E-state index in [2.05, 4.69) is 4.98 Å². The van der Waals surface area contributed by atoms with E-state index in [0.29, 0.717) is 35.6 Å². The van der Waals surface area contributed by atoms with Gasteiger partial charge in [0, 0.05) is 36.6 Å². The average Bonchev–Trinajstić information content (AvgIpc) is 3.19. The summed E-state index contributed by atoms with van der Waals surface area (Å²) in [4.78, 5) is 18.9. The SMILES string of the molecule is Cc1nc2cc(C3CCC(C(F)(F)F)CC3)nn2c(C2CN(C(=O)C3(C)COC3)CC(F)(F)C2)c1C. The van der Waals surface area contributed by atoms with Crippen LogP contribution >= 0.6 is 0 Å². The van der Waals surface area contributed by atoms with Crippen molar-refractivity contribution in [2.24, 2.45) is 11.3 Å². The number of hydrogen-bond donors (Lipinski definition) is 0. The molecule has 36 heavy (non-hydrogen) atoms. The Labute approximate surface area is 206 Å². The van der Waals surface area contributed by atoms with Gasteiger partial charge in [0.05, 0.1) is 42.5 Å². The minimum Gasteiger partial charge on any atom is -0.379 e. The number of piperidine rings is 1. The molecule has 2 aromatic heterocycles. The Balaban J connectivity index is 1.47. The van der Waals surface area contributed by atoms with Crippen molar-refractivity contribution in [3.8, 4) is 0 Å². The maximum absolute atomic E-state index is 15.0. The average molecular weight is 515 g/mol. The van der Waals surface area contributed by atoms with Crippen LogP contribution in [0, 0.1) is 25.2 Å². The van der Waals surface area contributed by atoms with Crippen LogP contribution in [0.4, 0.5) is 22.0 Å². The van der Waals surface area contributed by atoms with Gasteiger partial charge in [-0.2, -0.15) is 18.3 Å². The van der Waals surface area contributed by atoms with E-state index in [1.54, 1.807) is 24.4 Å². The Morgan fingerprint density at radius 2 is 1.78 bits per heavy atom. The lowest BCUT2D eigenvalue weighted by molar-refractivity contribution is -0.182. The summed E-state index contributed by atoms with van der Waals surface area (Å²) >= 11 is 0. The highest BCUT2D eigenvalue weighted by Gasteiger charge is 2.50. The Kier molecular flexibility index (Phi) is 6.08. The quantitative estimate of drug-likeness (QED) is 0.531. The number of amides is 1. The smallest absolute Gasteiger partial charge is 0.379 e. The highest BCUT2D eigenvalue weighted by Crippen LogP contribution is 2.44. The molecule has 6 nitrogen and oxygen atoms in total. The third-order valence-corrected chi connectivity index (χ3v) is 8.19. The number of ether oxygens (including phenoxy) is 1. The summed E-state index contributed by atoms with van der Waals surface area (Å²) in [5.41, 5.74) is 2.34. The van der Waals surface area contributed by atoms with E-state index in [1.165, 1.54) is 4.90 Å². The van der Waals surface area contributed by atoms with Gasteiger partial charge in [-0.25, -0.2) is 18.3 Å². The molecule has 1 atom stereocenters. The summed E-state index contributed by atoms with van der Waals surface area (Å²) in [5, 5.41) is 4.70. The van der Waals surface area contributed by atoms with Crippen molar-refractivity contribution in [1.82, 2.24) is 19.5 Å². The molecule has 1 aliphatic carbocycles. The van der Waals surface area contributed by atoms with E-state index >= 15 is 0 Å². The lowest BCUT2D eigenvalue weighted by atomic mass is 9.80. The molecule has 1 unspecified atom stereocenters. The number of halogens is 5. The van der Waals surface area contributed by atoms with Crippen LogP contribution < -0.4 is 0 Å². The first-order valence-corrected chi connectivity index (χ1v) is 12.5. The predicted octanol–water partition coefficient (Wildman–Crippen LogP) is 5.17. The number of nitrogens with zero attached hydrogens (tertiary/aromatic N) is 4. The molecule has 2 saturated heterocycles. The number of fused-ring (bicyclic) bond motifs is 1. The minimum absolute atomic E-state index is 0.0504. The van der Waals surface area contributed by atoms with Crippen LogP contribution in [0.2, 0.25) is 0 Å². The third kappa shape index (κ3) is 4.48. The number of alkyl halides is 5. The van der Waals surface area contributed by atoms with Crippen LogP contribution in [-0.2, 0) is 9.53 Å². The number of likely N-dealkylation sites (tertiary alicyclic amines) is 1. The van der Waals surface area contributed by atoms with E-state index < -0.39 is 42.3 Å². The molecule has 2 aliphatic heterocycles. The summed E-state index contributed by atoms with van der Waals surface area (Å²) in [6.45, 7) is 5.29. The van der Waals surface area contributed by atoms with Crippen molar-refractivity contribution < 1.29 is 31.5 Å². The number of aryl methyl sites for hydroxylation is 1. The number of hydrogen-bond acceptors (Lipinski definition) is 4. The van der Waals surface area contributed by atoms with Crippen molar-refractivity contribution >= 4 is 11.6 Å². The monoisotopic (exact) mass is 514 g/mol. The third-order valence-electron chi connectivity index (χ3n) is 8.19. The molecule has 0 spiro atoms. The molecule has 0 N–H and O–H groups in total. The summed E-state index contributed by atoms with van der Waals surface area (Å²) in [7, 11) is 0. The molecule has 0 radical (unpaired) electrons. The highest BCUT2D eigenvalue weighted by molar-refractivity contribution is 5.83. The summed E-state index contributed by atoms with van der Waals surface area (Å²) < 4.78 is 76.0. The van der Waals surface area contributed by atoms with Gasteiger partial charge in [0.2, 0.25) is 5.91 Å². The standard InChI is InChI=1S/C25H31F5N4O2/c1-14-15(2)31-20-8-19(16-4-6-18(7-5-16)25(28,29)30)32-34(20)21(14)17-9-24(26,27)11-33(10-17)22(35)23(3)12-36-13-23/h8,16-18H,4-7,9-13H2,1-3H3. The Morgan fingerprint density at radius 1 is 1.11 bits per heavy atom. The van der Waals surface area contributed by atoms with Crippen LogP contribution in [0.5, 0.6) is 0 Å². The van der Waals surface area contributed by atoms with E-state index in [1.807, 2.05) is 6.92 Å². The van der Waals surface area contributed by atoms with Gasteiger partial charge in [-0.1, -0.05) is 0 Å². The Hall–Kier alpha value is -2.30. The number of carbonyl (C=O) groups is 1. The van der Waals surface area contributed by atoms with Gasteiger partial charge in [-0.05, 0) is 52.0 Å². The molecule has 11 heteroatoms. The number of rotatable bonds is 3. The molecule has 3 fully saturated rings. The summed E-state index contributed by atoms with van der Waals surface area (Å²) in [6, 6.07) is 1.77. The second-order valence-corrected chi connectivity index (χ2v) is 11.1. The van der Waals surface area contributed by atoms with Gasteiger partial charge in [-0.3, -0.25) is 4.79 Å². The molecule has 2 aromatic rings. The van der Waals surface area contributed by atoms with Crippen LogP contribution in [0.1, 0.15) is 73.5 Å². The van der Waals surface area contributed by atoms with Gasteiger partial charge in [-0.15, -0.1) is 0 Å². The first-order valence-electron chi connectivity index (χ1n) is 12.5. The minimum atomic E-state index is -4.19. The first-order chi connectivity index (χ1) is 16.8. The molecule has 5 rings (SSSR count). The van der Waals surface area contributed by atoms with Crippen LogP contribution in [0.15, 0.2) is 6.07 Å². The van der Waals surface area contributed by atoms with Crippen molar-refractivity contribution in [3.05, 3.63) is 28.7 Å². The van der Waals surface area contributed by atoms with Gasteiger partial charge < -0.3 is 9.64 Å². The van der Waals surface area contributed by atoms with Gasteiger partial charge in [0.25, 0.3) is 5.92 Å². The fraction of sp³-hybridized carbons (Fsp3) is 0.720. The number of aromatic nitrogens is 3. The van der Waals surface area contributed by atoms with Crippen LogP contribution in [0.3, 0.4) is 0 Å². The second-order valence-electron chi connectivity index (χ2n) is 11.1. The highest BCUT2D eigenvalue weighted by atomic mass is 19.4. The van der Waals surface area contributed by atoms with E-state index in [0.717, 1.165) is 5.56 Å². The Morgan fingerprint density at radius 3 is 2.36 bits per heavy atom. The van der Waals surface area contributed by atoms with Crippen molar-refractivity contribution in [3.63, 3.8) is 0 Å². The van der Waals surface area contributed by atoms with Gasteiger partial charge >= 0.3 is 6.18 Å². The molecule has 3 aliphatic rings. The first kappa shape index (κ1) is 25.4. The van der Waals surface area contributed by atoms with Gasteiger partial charge in [0.1, 0.15) is 0 Å². The van der Waals surface area contributed by atoms with Crippen LogP contribution in [0.25, 0.3) is 5.65 Å². The topological polar surface area (TPSA) is 59.7 Å². The van der Waals surface area contributed by atoms with E-state index in [-0.39, 0.29) is 44.4 Å². The molecule has 198 valence electrons. The van der Waals surface area contributed by atoms with Crippen molar-refractivity contribution in [1.29, 1.82) is 0 Å². The largest absolute Gasteiger partial charge is 0.391 e. The molecule has 1 saturated carbocycles. The lowest BCUT2D eigenvalue weighted by Gasteiger charge is -2.45. The lowest BCUT2D eigenvalue weighted by Crippen LogP contribution is -2.58. The molecular formula is C25H31F5N4O2. The molecule has 0 aromatic carbocycles. The zero-order chi connectivity index (χ0) is 26.0. The second kappa shape index (κ2) is 8.63.